The van der Waals surface area contributed by atoms with E-state index in [0.29, 0.717) is 5.56 Å². The molecule has 7 heteroatoms. The fourth-order valence-corrected chi connectivity index (χ4v) is 1.08. The highest BCUT2D eigenvalue weighted by Crippen LogP contribution is 2.28. The van der Waals surface area contributed by atoms with Gasteiger partial charge in [0, 0.05) is 0 Å². The molecular weight excluding hydrogens is 249 g/mol. The van der Waals surface area contributed by atoms with Gasteiger partial charge in [-0.2, -0.15) is 18.3 Å². The maximum Gasteiger partial charge on any atom is 0.427 e. The maximum atomic E-state index is 12.3. The van der Waals surface area contributed by atoms with E-state index in [0.717, 1.165) is 12.1 Å². The Morgan fingerprint density at radius 2 is 2.00 bits per heavy atom. The van der Waals surface area contributed by atoms with Crippen molar-refractivity contribution < 1.29 is 22.7 Å². The molecule has 0 saturated heterocycles. The van der Waals surface area contributed by atoms with E-state index in [4.69, 9.17) is 0 Å². The number of amides is 1. The number of carbonyl (C=O) groups is 1. The van der Waals surface area contributed by atoms with E-state index in [1.54, 1.807) is 6.92 Å². The summed E-state index contributed by atoms with van der Waals surface area (Å²) in [5.41, 5.74) is 1.76. The summed E-state index contributed by atoms with van der Waals surface area (Å²) < 4.78 is 41.3. The Balaban J connectivity index is 2.59. The number of carbonyl (C=O) groups excluding carboxylic acids is 1. The lowest BCUT2D eigenvalue weighted by Crippen LogP contribution is -2.18. The molecule has 1 rings (SSSR count). The predicted molar refractivity (Wildman–Crippen MR) is 59.2 cm³/mol. The molecule has 1 aromatic carbocycles. The summed E-state index contributed by atoms with van der Waals surface area (Å²) in [5.74, 6) is 0. The lowest BCUT2D eigenvalue weighted by atomic mass is 10.1. The third-order valence-corrected chi connectivity index (χ3v) is 1.88. The number of benzene rings is 1. The van der Waals surface area contributed by atoms with Gasteiger partial charge in [0.15, 0.2) is 0 Å². The maximum absolute atomic E-state index is 12.3. The van der Waals surface area contributed by atoms with Gasteiger partial charge in [-0.15, -0.1) is 0 Å². The van der Waals surface area contributed by atoms with E-state index in [2.05, 4.69) is 15.3 Å². The van der Waals surface area contributed by atoms with Crippen LogP contribution in [0.4, 0.5) is 18.0 Å². The van der Waals surface area contributed by atoms with Crippen molar-refractivity contribution in [2.24, 2.45) is 5.10 Å². The summed E-state index contributed by atoms with van der Waals surface area (Å²) in [6.07, 6.45) is -3.86. The number of alkyl halides is 3. The Morgan fingerprint density at radius 1 is 1.39 bits per heavy atom. The average Bonchev–Trinajstić information content (AvgIpc) is 2.29. The van der Waals surface area contributed by atoms with Gasteiger partial charge in [0.05, 0.1) is 18.4 Å². The van der Waals surface area contributed by atoms with Crippen LogP contribution >= 0.6 is 0 Å². The zero-order valence-corrected chi connectivity index (χ0v) is 9.49. The van der Waals surface area contributed by atoms with Crippen molar-refractivity contribution in [1.82, 2.24) is 5.43 Å². The number of ether oxygens (including phenoxy) is 1. The molecule has 0 aliphatic rings. The molecule has 0 aliphatic carbocycles. The first-order valence-electron chi connectivity index (χ1n) is 5.06. The minimum absolute atomic E-state index is 0.210. The van der Waals surface area contributed by atoms with Crippen molar-refractivity contribution in [1.29, 1.82) is 0 Å². The highest BCUT2D eigenvalue weighted by molar-refractivity contribution is 5.80. The molecule has 0 atom stereocenters. The van der Waals surface area contributed by atoms with Crippen LogP contribution in [0.15, 0.2) is 29.4 Å². The quantitative estimate of drug-likeness (QED) is 0.671. The van der Waals surface area contributed by atoms with Gasteiger partial charge in [-0.05, 0) is 24.6 Å². The molecular formula is C11H11F3N2O2. The Bertz CT molecular complexity index is 427. The Labute approximate surface area is 101 Å². The summed E-state index contributed by atoms with van der Waals surface area (Å²) in [5, 5.41) is 3.52. The largest absolute Gasteiger partial charge is 0.449 e. The lowest BCUT2D eigenvalue weighted by molar-refractivity contribution is -0.137. The molecule has 1 aromatic rings. The van der Waals surface area contributed by atoms with Crippen molar-refractivity contribution in [2.45, 2.75) is 13.1 Å². The van der Waals surface area contributed by atoms with Crippen LogP contribution in [-0.4, -0.2) is 18.9 Å². The van der Waals surface area contributed by atoms with Gasteiger partial charge in [-0.3, -0.25) is 0 Å². The fourth-order valence-electron chi connectivity index (χ4n) is 1.08. The number of hydrazone groups is 1. The smallest absolute Gasteiger partial charge is 0.427 e. The SMILES string of the molecule is CCOC(=O)N/N=C\c1ccc(C(F)(F)F)cc1. The lowest BCUT2D eigenvalue weighted by Gasteiger charge is -2.05. The number of nitrogens with zero attached hydrogens (tertiary/aromatic N) is 1. The van der Waals surface area contributed by atoms with Gasteiger partial charge >= 0.3 is 12.3 Å². The summed E-state index contributed by atoms with van der Waals surface area (Å²) in [7, 11) is 0. The van der Waals surface area contributed by atoms with E-state index in [-0.39, 0.29) is 6.61 Å². The van der Waals surface area contributed by atoms with E-state index in [9.17, 15) is 18.0 Å². The van der Waals surface area contributed by atoms with Crippen LogP contribution in [0.5, 0.6) is 0 Å². The third-order valence-electron chi connectivity index (χ3n) is 1.88. The second-order valence-corrected chi connectivity index (χ2v) is 3.21. The average molecular weight is 260 g/mol. The van der Waals surface area contributed by atoms with Crippen LogP contribution < -0.4 is 5.43 Å². The summed E-state index contributed by atoms with van der Waals surface area (Å²) in [6.45, 7) is 1.85. The monoisotopic (exact) mass is 260 g/mol. The Morgan fingerprint density at radius 3 is 2.50 bits per heavy atom. The summed E-state index contributed by atoms with van der Waals surface area (Å²) in [6, 6.07) is 4.37. The van der Waals surface area contributed by atoms with E-state index in [1.165, 1.54) is 18.3 Å². The third kappa shape index (κ3) is 4.44. The topological polar surface area (TPSA) is 50.7 Å². The molecule has 0 spiro atoms. The van der Waals surface area contributed by atoms with Gasteiger partial charge < -0.3 is 4.74 Å². The van der Waals surface area contributed by atoms with Crippen molar-refractivity contribution in [2.75, 3.05) is 6.61 Å². The number of halogens is 3. The second kappa shape index (κ2) is 6.04. The van der Waals surface area contributed by atoms with Crippen molar-refractivity contribution >= 4 is 12.3 Å². The van der Waals surface area contributed by atoms with Gasteiger partial charge in [0.1, 0.15) is 0 Å². The normalized spacial score (nSPS) is 11.6. The van der Waals surface area contributed by atoms with Gasteiger partial charge in [0.2, 0.25) is 0 Å². The van der Waals surface area contributed by atoms with Crippen LogP contribution in [0.2, 0.25) is 0 Å². The van der Waals surface area contributed by atoms with Gasteiger partial charge in [0.25, 0.3) is 0 Å². The highest BCUT2D eigenvalue weighted by atomic mass is 19.4. The minimum Gasteiger partial charge on any atom is -0.449 e. The molecule has 0 bridgehead atoms. The molecule has 18 heavy (non-hydrogen) atoms. The van der Waals surface area contributed by atoms with Crippen LogP contribution in [0.3, 0.4) is 0 Å². The molecule has 4 nitrogen and oxygen atoms in total. The Hall–Kier alpha value is -2.05. The van der Waals surface area contributed by atoms with E-state index < -0.39 is 17.8 Å². The molecule has 0 saturated carbocycles. The number of rotatable bonds is 3. The molecule has 98 valence electrons. The van der Waals surface area contributed by atoms with E-state index >= 15 is 0 Å². The van der Waals surface area contributed by atoms with E-state index in [1.807, 2.05) is 0 Å². The summed E-state index contributed by atoms with van der Waals surface area (Å²) >= 11 is 0. The molecule has 0 heterocycles. The first-order valence-corrected chi connectivity index (χ1v) is 5.06. The van der Waals surface area contributed by atoms with Crippen LogP contribution in [0.25, 0.3) is 0 Å². The predicted octanol–water partition coefficient (Wildman–Crippen LogP) is 2.79. The molecule has 0 fully saturated rings. The number of hydrogen-bond acceptors (Lipinski definition) is 3. The zero-order chi connectivity index (χ0) is 13.6. The molecule has 0 aliphatic heterocycles. The number of hydrogen-bond donors (Lipinski definition) is 1. The van der Waals surface area contributed by atoms with Crippen molar-refractivity contribution in [3.05, 3.63) is 35.4 Å². The van der Waals surface area contributed by atoms with Gasteiger partial charge in [-0.25, -0.2) is 10.2 Å². The fraction of sp³-hybridized carbons (Fsp3) is 0.273. The standard InChI is InChI=1S/C11H11F3N2O2/c1-2-18-10(17)16-15-7-8-3-5-9(6-4-8)11(12,13)14/h3-7H,2H2,1H3,(H,16,17)/b15-7-. The molecule has 0 radical (unpaired) electrons. The first-order chi connectivity index (χ1) is 8.43. The first kappa shape index (κ1) is 14.0. The minimum atomic E-state index is -4.36. The summed E-state index contributed by atoms with van der Waals surface area (Å²) in [4.78, 5) is 10.8. The Kier molecular flexibility index (Phi) is 4.70. The van der Waals surface area contributed by atoms with Crippen LogP contribution in [0, 0.1) is 0 Å². The molecule has 1 N–H and O–H groups in total. The van der Waals surface area contributed by atoms with Crippen LogP contribution in [-0.2, 0) is 10.9 Å². The molecule has 1 amide bonds. The second-order valence-electron chi connectivity index (χ2n) is 3.21. The van der Waals surface area contributed by atoms with Crippen molar-refractivity contribution in [3.8, 4) is 0 Å². The zero-order valence-electron chi connectivity index (χ0n) is 9.49. The number of nitrogens with one attached hydrogen (secondary N) is 1. The van der Waals surface area contributed by atoms with Gasteiger partial charge in [-0.1, -0.05) is 12.1 Å². The molecule has 0 aromatic heterocycles. The highest BCUT2D eigenvalue weighted by Gasteiger charge is 2.29. The molecule has 0 unspecified atom stereocenters. The van der Waals surface area contributed by atoms with Crippen molar-refractivity contribution in [3.63, 3.8) is 0 Å². The van der Waals surface area contributed by atoms with Crippen LogP contribution in [0.1, 0.15) is 18.1 Å².